The summed E-state index contributed by atoms with van der Waals surface area (Å²) in [6.45, 7) is 1.96. The van der Waals surface area contributed by atoms with Crippen molar-refractivity contribution in [3.05, 3.63) is 89.7 Å². The molecule has 0 bridgehead atoms. The van der Waals surface area contributed by atoms with E-state index >= 15 is 0 Å². The molecule has 1 unspecified atom stereocenters. The van der Waals surface area contributed by atoms with Gasteiger partial charge in [0.1, 0.15) is 11.6 Å². The van der Waals surface area contributed by atoms with Crippen molar-refractivity contribution in [2.24, 2.45) is 0 Å². The van der Waals surface area contributed by atoms with Gasteiger partial charge in [0, 0.05) is 11.3 Å². The smallest absolute Gasteiger partial charge is 0.261 e. The lowest BCUT2D eigenvalue weighted by Crippen LogP contribution is -2.28. The van der Waals surface area contributed by atoms with E-state index in [1.807, 2.05) is 31.2 Å². The van der Waals surface area contributed by atoms with Gasteiger partial charge in [0.2, 0.25) is 0 Å². The first kappa shape index (κ1) is 22.3. The van der Waals surface area contributed by atoms with Gasteiger partial charge >= 0.3 is 0 Å². The molecule has 0 aliphatic heterocycles. The number of ether oxygens (including phenoxy) is 1. The minimum Gasteiger partial charge on any atom is -0.497 e. The molecule has 0 aromatic heterocycles. The SMILES string of the molecule is CCC(NC(=O)c1ccc(S(=O)(=O)Nc2ccc(F)cc2)cc1)c1ccc(OC)cc1. The third kappa shape index (κ3) is 5.61. The molecule has 1 amide bonds. The van der Waals surface area contributed by atoms with Crippen molar-refractivity contribution in [1.29, 1.82) is 0 Å². The first-order chi connectivity index (χ1) is 14.8. The molecule has 0 aliphatic carbocycles. The Morgan fingerprint density at radius 2 is 1.58 bits per heavy atom. The second-order valence-corrected chi connectivity index (χ2v) is 8.53. The first-order valence-corrected chi connectivity index (χ1v) is 11.1. The maximum atomic E-state index is 13.0. The van der Waals surface area contributed by atoms with Gasteiger partial charge in [-0.1, -0.05) is 19.1 Å². The fraction of sp³-hybridized carbons (Fsp3) is 0.174. The van der Waals surface area contributed by atoms with Gasteiger partial charge in [-0.2, -0.15) is 0 Å². The quantitative estimate of drug-likeness (QED) is 0.537. The van der Waals surface area contributed by atoms with Crippen LogP contribution in [0.15, 0.2) is 77.7 Å². The lowest BCUT2D eigenvalue weighted by atomic mass is 10.0. The number of halogens is 1. The van der Waals surface area contributed by atoms with Crippen LogP contribution in [-0.4, -0.2) is 21.4 Å². The van der Waals surface area contributed by atoms with Crippen LogP contribution in [0.25, 0.3) is 0 Å². The van der Waals surface area contributed by atoms with E-state index in [0.29, 0.717) is 12.0 Å². The van der Waals surface area contributed by atoms with Crippen LogP contribution in [-0.2, 0) is 10.0 Å². The minimum atomic E-state index is -3.86. The van der Waals surface area contributed by atoms with E-state index in [-0.39, 0.29) is 22.5 Å². The largest absolute Gasteiger partial charge is 0.497 e. The topological polar surface area (TPSA) is 84.5 Å². The average Bonchev–Trinajstić information content (AvgIpc) is 2.79. The van der Waals surface area contributed by atoms with Crippen molar-refractivity contribution in [3.8, 4) is 5.75 Å². The van der Waals surface area contributed by atoms with Crippen molar-refractivity contribution in [2.75, 3.05) is 11.8 Å². The molecule has 162 valence electrons. The molecule has 3 rings (SSSR count). The Morgan fingerprint density at radius 1 is 0.968 bits per heavy atom. The van der Waals surface area contributed by atoms with E-state index in [4.69, 9.17) is 4.74 Å². The van der Waals surface area contributed by atoms with Gasteiger partial charge < -0.3 is 10.1 Å². The number of rotatable bonds is 8. The second-order valence-electron chi connectivity index (χ2n) is 6.84. The van der Waals surface area contributed by atoms with Crippen LogP contribution in [0, 0.1) is 5.82 Å². The van der Waals surface area contributed by atoms with Gasteiger partial charge in [0.05, 0.1) is 18.0 Å². The zero-order chi connectivity index (χ0) is 22.4. The number of nitrogens with one attached hydrogen (secondary N) is 2. The van der Waals surface area contributed by atoms with Gasteiger partial charge in [-0.05, 0) is 72.6 Å². The van der Waals surface area contributed by atoms with Crippen LogP contribution in [0.4, 0.5) is 10.1 Å². The lowest BCUT2D eigenvalue weighted by Gasteiger charge is -2.18. The van der Waals surface area contributed by atoms with E-state index in [1.54, 1.807) is 7.11 Å². The Labute approximate surface area is 181 Å². The molecule has 3 aromatic rings. The Bertz CT molecular complexity index is 1130. The lowest BCUT2D eigenvalue weighted by molar-refractivity contribution is 0.0935. The van der Waals surface area contributed by atoms with Crippen molar-refractivity contribution in [3.63, 3.8) is 0 Å². The Kier molecular flexibility index (Phi) is 6.91. The molecule has 0 saturated heterocycles. The summed E-state index contributed by atoms with van der Waals surface area (Å²) in [7, 11) is -2.27. The summed E-state index contributed by atoms with van der Waals surface area (Å²) in [5, 5.41) is 2.96. The number of sulfonamides is 1. The maximum Gasteiger partial charge on any atom is 0.261 e. The van der Waals surface area contributed by atoms with Crippen molar-refractivity contribution in [2.45, 2.75) is 24.3 Å². The summed E-state index contributed by atoms with van der Waals surface area (Å²) < 4.78 is 45.6. The molecule has 0 saturated carbocycles. The first-order valence-electron chi connectivity index (χ1n) is 9.65. The standard InChI is InChI=1S/C23H23FN2O4S/c1-3-22(16-4-12-20(30-2)13-5-16)25-23(27)17-6-14-21(15-7-17)31(28,29)26-19-10-8-18(24)9-11-19/h4-15,22,26H,3H2,1-2H3,(H,25,27). The Hall–Kier alpha value is -3.39. The number of amides is 1. The number of hydrogen-bond donors (Lipinski definition) is 2. The molecule has 0 aliphatic rings. The molecular weight excluding hydrogens is 419 g/mol. The summed E-state index contributed by atoms with van der Waals surface area (Å²) in [6.07, 6.45) is 0.687. The van der Waals surface area contributed by atoms with Crippen LogP contribution < -0.4 is 14.8 Å². The minimum absolute atomic E-state index is 0.00410. The zero-order valence-corrected chi connectivity index (χ0v) is 17.9. The molecule has 1 atom stereocenters. The summed E-state index contributed by atoms with van der Waals surface area (Å²) in [5.74, 6) is -0.0348. The zero-order valence-electron chi connectivity index (χ0n) is 17.1. The molecule has 2 N–H and O–H groups in total. The van der Waals surface area contributed by atoms with E-state index in [0.717, 1.165) is 23.4 Å². The van der Waals surface area contributed by atoms with Crippen molar-refractivity contribution >= 4 is 21.6 Å². The maximum absolute atomic E-state index is 13.0. The summed E-state index contributed by atoms with van der Waals surface area (Å²) in [4.78, 5) is 12.7. The van der Waals surface area contributed by atoms with E-state index in [9.17, 15) is 17.6 Å². The molecule has 0 fully saturated rings. The molecule has 3 aromatic carbocycles. The normalized spacial score (nSPS) is 12.1. The fourth-order valence-electron chi connectivity index (χ4n) is 3.02. The van der Waals surface area contributed by atoms with Gasteiger partial charge in [-0.3, -0.25) is 9.52 Å². The highest BCUT2D eigenvalue weighted by molar-refractivity contribution is 7.92. The van der Waals surface area contributed by atoms with Crippen LogP contribution in [0.2, 0.25) is 0 Å². The highest BCUT2D eigenvalue weighted by Crippen LogP contribution is 2.21. The van der Waals surface area contributed by atoms with Gasteiger partial charge in [0.15, 0.2) is 0 Å². The molecule has 6 nitrogen and oxygen atoms in total. The number of methoxy groups -OCH3 is 1. The summed E-state index contributed by atoms with van der Waals surface area (Å²) >= 11 is 0. The summed E-state index contributed by atoms with van der Waals surface area (Å²) in [6, 6.07) is 17.9. The fourth-order valence-corrected chi connectivity index (χ4v) is 4.07. The number of hydrogen-bond acceptors (Lipinski definition) is 4. The highest BCUT2D eigenvalue weighted by Gasteiger charge is 2.17. The van der Waals surface area contributed by atoms with Crippen LogP contribution in [0.5, 0.6) is 5.75 Å². The van der Waals surface area contributed by atoms with E-state index < -0.39 is 15.8 Å². The predicted molar refractivity (Wildman–Crippen MR) is 117 cm³/mol. The Balaban J connectivity index is 1.70. The number of carbonyl (C=O) groups is 1. The second kappa shape index (κ2) is 9.61. The Morgan fingerprint density at radius 3 is 2.13 bits per heavy atom. The number of benzene rings is 3. The molecule has 0 heterocycles. The van der Waals surface area contributed by atoms with E-state index in [1.165, 1.54) is 36.4 Å². The van der Waals surface area contributed by atoms with Crippen LogP contribution >= 0.6 is 0 Å². The average molecular weight is 443 g/mol. The van der Waals surface area contributed by atoms with Gasteiger partial charge in [0.25, 0.3) is 15.9 Å². The molecule has 0 radical (unpaired) electrons. The van der Waals surface area contributed by atoms with Crippen molar-refractivity contribution < 1.29 is 22.3 Å². The van der Waals surface area contributed by atoms with E-state index in [2.05, 4.69) is 10.0 Å². The van der Waals surface area contributed by atoms with Gasteiger partial charge in [-0.25, -0.2) is 12.8 Å². The molecule has 0 spiro atoms. The predicted octanol–water partition coefficient (Wildman–Crippen LogP) is 4.52. The highest BCUT2D eigenvalue weighted by atomic mass is 32.2. The van der Waals surface area contributed by atoms with Gasteiger partial charge in [-0.15, -0.1) is 0 Å². The molecular formula is C23H23FN2O4S. The third-order valence-corrected chi connectivity index (χ3v) is 6.15. The molecule has 8 heteroatoms. The molecule has 31 heavy (non-hydrogen) atoms. The third-order valence-electron chi connectivity index (χ3n) is 4.75. The number of carbonyl (C=O) groups excluding carboxylic acids is 1. The summed E-state index contributed by atoms with van der Waals surface area (Å²) in [5.41, 5.74) is 1.53. The van der Waals surface area contributed by atoms with Crippen LogP contribution in [0.3, 0.4) is 0 Å². The number of anilines is 1. The van der Waals surface area contributed by atoms with Crippen molar-refractivity contribution in [1.82, 2.24) is 5.32 Å². The monoisotopic (exact) mass is 442 g/mol. The van der Waals surface area contributed by atoms with Crippen LogP contribution in [0.1, 0.15) is 35.3 Å².